The Balaban J connectivity index is 1.50. The molecule has 0 spiro atoms. The highest BCUT2D eigenvalue weighted by Crippen LogP contribution is 2.36. The molecule has 0 radical (unpaired) electrons. The maximum absolute atomic E-state index is 13.6. The highest BCUT2D eigenvalue weighted by Gasteiger charge is 2.38. The first kappa shape index (κ1) is 18.4. The smallest absolute Gasteiger partial charge is 0.260 e. The van der Waals surface area contributed by atoms with E-state index in [0.29, 0.717) is 18.8 Å². The Bertz CT molecular complexity index is 834. The summed E-state index contributed by atoms with van der Waals surface area (Å²) >= 11 is 1.57. The predicted molar refractivity (Wildman–Crippen MR) is 102 cm³/mol. The number of carbonyl (C=O) groups excluding carboxylic acids is 1. The van der Waals surface area contributed by atoms with Crippen molar-refractivity contribution in [3.8, 4) is 0 Å². The molecule has 27 heavy (non-hydrogen) atoms. The van der Waals surface area contributed by atoms with Gasteiger partial charge in [-0.05, 0) is 45.1 Å². The van der Waals surface area contributed by atoms with E-state index >= 15 is 0 Å². The number of likely N-dealkylation sites (tertiary alicyclic amines) is 1. The van der Waals surface area contributed by atoms with Crippen molar-refractivity contribution in [1.29, 1.82) is 0 Å². The normalized spacial score (nSPS) is 25.4. The van der Waals surface area contributed by atoms with Gasteiger partial charge in [-0.25, -0.2) is 13.5 Å². The van der Waals surface area contributed by atoms with Gasteiger partial charge >= 0.3 is 0 Å². The molecule has 2 aromatic heterocycles. The zero-order valence-corrected chi connectivity index (χ0v) is 16.3. The molecule has 2 aliphatic heterocycles. The van der Waals surface area contributed by atoms with E-state index in [-0.39, 0.29) is 17.9 Å². The van der Waals surface area contributed by atoms with Gasteiger partial charge in [0.05, 0.1) is 11.3 Å². The van der Waals surface area contributed by atoms with Crippen molar-refractivity contribution < 1.29 is 13.6 Å². The Morgan fingerprint density at radius 3 is 2.89 bits per heavy atom. The maximum Gasteiger partial charge on any atom is 0.260 e. The van der Waals surface area contributed by atoms with E-state index < -0.39 is 12.5 Å². The number of hydrogen-bond donors (Lipinski definition) is 1. The van der Waals surface area contributed by atoms with E-state index in [1.807, 2.05) is 36.3 Å². The predicted octanol–water partition coefficient (Wildman–Crippen LogP) is 4.10. The van der Waals surface area contributed by atoms with Crippen molar-refractivity contribution in [2.45, 2.75) is 51.6 Å². The number of halogens is 2. The van der Waals surface area contributed by atoms with Crippen LogP contribution in [-0.4, -0.2) is 46.1 Å². The molecule has 1 amide bonds. The third-order valence-corrected chi connectivity index (χ3v) is 6.44. The lowest BCUT2D eigenvalue weighted by Crippen LogP contribution is -2.48. The van der Waals surface area contributed by atoms with Gasteiger partial charge in [0.25, 0.3) is 12.3 Å². The average molecular weight is 394 g/mol. The number of fused-ring (bicyclic) bond motifs is 1. The second kappa shape index (κ2) is 7.22. The monoisotopic (exact) mass is 394 g/mol. The number of alkyl halides is 2. The minimum Gasteiger partial charge on any atom is -0.367 e. The first-order chi connectivity index (χ1) is 12.9. The van der Waals surface area contributed by atoms with Gasteiger partial charge in [0.2, 0.25) is 0 Å². The van der Waals surface area contributed by atoms with Crippen molar-refractivity contribution in [3.63, 3.8) is 0 Å². The molecule has 1 saturated heterocycles. The fourth-order valence-corrected chi connectivity index (χ4v) is 4.94. The van der Waals surface area contributed by atoms with Crippen LogP contribution in [0.5, 0.6) is 0 Å². The number of carbonyl (C=O) groups is 1. The minimum atomic E-state index is -2.46. The molecule has 1 N–H and O–H groups in total. The highest BCUT2D eigenvalue weighted by atomic mass is 32.1. The molecule has 3 atom stereocenters. The quantitative estimate of drug-likeness (QED) is 0.853. The van der Waals surface area contributed by atoms with E-state index in [2.05, 4.69) is 10.4 Å². The molecule has 1 unspecified atom stereocenters. The summed E-state index contributed by atoms with van der Waals surface area (Å²) in [6, 6.07) is 2.75. The minimum absolute atomic E-state index is 0.0474. The standard InChI is InChI=1S/C19H24F2N4OS/c1-11-6-17-22-15(8-16(18(20)21)25(17)23-11)13-4-3-5-24(9-13)19(26)14-7-12(2)27-10-14/h6-7,10,13,15-16,18,22H,3-5,8-9H2,1-2H3/t13?,15-,16+/m0/s1. The van der Waals surface area contributed by atoms with Gasteiger partial charge in [-0.3, -0.25) is 4.79 Å². The molecule has 8 heteroatoms. The molecule has 0 aromatic carbocycles. The summed E-state index contributed by atoms with van der Waals surface area (Å²) in [6.07, 6.45) is -0.291. The van der Waals surface area contributed by atoms with Gasteiger partial charge in [-0.15, -0.1) is 11.3 Å². The first-order valence-corrected chi connectivity index (χ1v) is 10.3. The molecule has 146 valence electrons. The number of nitrogens with zero attached hydrogens (tertiary/aromatic N) is 3. The first-order valence-electron chi connectivity index (χ1n) is 9.37. The number of rotatable bonds is 3. The Morgan fingerprint density at radius 1 is 1.37 bits per heavy atom. The van der Waals surface area contributed by atoms with Crippen LogP contribution in [0, 0.1) is 19.8 Å². The zero-order chi connectivity index (χ0) is 19.1. The summed E-state index contributed by atoms with van der Waals surface area (Å²) in [5.74, 6) is 0.866. The number of thiophene rings is 1. The second-order valence-electron chi connectivity index (χ2n) is 7.60. The van der Waals surface area contributed by atoms with E-state index in [1.54, 1.807) is 11.3 Å². The summed E-state index contributed by atoms with van der Waals surface area (Å²) in [4.78, 5) is 15.8. The highest BCUT2D eigenvalue weighted by molar-refractivity contribution is 7.10. The number of anilines is 1. The van der Waals surface area contributed by atoms with Crippen LogP contribution in [0.4, 0.5) is 14.6 Å². The fraction of sp³-hybridized carbons (Fsp3) is 0.579. The SMILES string of the molecule is Cc1cc2n(n1)[C@@H](C(F)F)C[C@@H](C1CCCN(C(=O)c3csc(C)c3)C1)N2. The van der Waals surface area contributed by atoms with E-state index in [9.17, 15) is 13.6 Å². The largest absolute Gasteiger partial charge is 0.367 e. The summed E-state index contributed by atoms with van der Waals surface area (Å²) in [7, 11) is 0. The van der Waals surface area contributed by atoms with Crippen LogP contribution in [0.25, 0.3) is 0 Å². The number of nitrogens with one attached hydrogen (secondary N) is 1. The Kier molecular flexibility index (Phi) is 4.92. The topological polar surface area (TPSA) is 50.2 Å². The van der Waals surface area contributed by atoms with Gasteiger partial charge in [-0.2, -0.15) is 5.10 Å². The van der Waals surface area contributed by atoms with Crippen LogP contribution in [0.2, 0.25) is 0 Å². The molecular weight excluding hydrogens is 370 g/mol. The van der Waals surface area contributed by atoms with Gasteiger partial charge in [0, 0.05) is 35.5 Å². The molecule has 2 aromatic rings. The van der Waals surface area contributed by atoms with Crippen molar-refractivity contribution in [1.82, 2.24) is 14.7 Å². The third-order valence-electron chi connectivity index (χ3n) is 5.58. The third kappa shape index (κ3) is 3.59. The molecule has 0 saturated carbocycles. The molecule has 5 nitrogen and oxygen atoms in total. The second-order valence-corrected chi connectivity index (χ2v) is 8.72. The van der Waals surface area contributed by atoms with E-state index in [4.69, 9.17) is 0 Å². The molecule has 2 aliphatic rings. The van der Waals surface area contributed by atoms with Crippen LogP contribution in [-0.2, 0) is 0 Å². The number of aromatic nitrogens is 2. The van der Waals surface area contributed by atoms with E-state index in [0.717, 1.165) is 35.5 Å². The molecular formula is C19H24F2N4OS. The lowest BCUT2D eigenvalue weighted by molar-refractivity contribution is 0.0506. The summed E-state index contributed by atoms with van der Waals surface area (Å²) < 4.78 is 28.7. The summed E-state index contributed by atoms with van der Waals surface area (Å²) in [5, 5.41) is 9.53. The van der Waals surface area contributed by atoms with Crippen LogP contribution in [0.15, 0.2) is 17.5 Å². The van der Waals surface area contributed by atoms with Gasteiger partial charge < -0.3 is 10.2 Å². The number of amides is 1. The van der Waals surface area contributed by atoms with Crippen LogP contribution in [0.3, 0.4) is 0 Å². The van der Waals surface area contributed by atoms with Gasteiger partial charge in [0.15, 0.2) is 0 Å². The molecule has 4 heterocycles. The number of piperidine rings is 1. The fourth-order valence-electron chi connectivity index (χ4n) is 4.27. The van der Waals surface area contributed by atoms with Crippen molar-refractivity contribution >= 4 is 23.1 Å². The number of hydrogen-bond acceptors (Lipinski definition) is 4. The maximum atomic E-state index is 13.6. The molecule has 0 aliphatic carbocycles. The Labute approximate surface area is 161 Å². The van der Waals surface area contributed by atoms with Gasteiger partial charge in [0.1, 0.15) is 11.9 Å². The van der Waals surface area contributed by atoms with Gasteiger partial charge in [-0.1, -0.05) is 0 Å². The lowest BCUT2D eigenvalue weighted by atomic mass is 9.86. The molecule has 1 fully saturated rings. The average Bonchev–Trinajstić information content (AvgIpc) is 3.24. The van der Waals surface area contributed by atoms with Crippen LogP contribution < -0.4 is 5.32 Å². The molecule has 0 bridgehead atoms. The van der Waals surface area contributed by atoms with Crippen LogP contribution >= 0.6 is 11.3 Å². The lowest BCUT2D eigenvalue weighted by Gasteiger charge is -2.41. The molecule has 4 rings (SSSR count). The van der Waals surface area contributed by atoms with E-state index in [1.165, 1.54) is 4.68 Å². The summed E-state index contributed by atoms with van der Waals surface area (Å²) in [5.41, 5.74) is 1.46. The Morgan fingerprint density at radius 2 is 2.19 bits per heavy atom. The van der Waals surface area contributed by atoms with Crippen LogP contribution in [0.1, 0.15) is 46.2 Å². The zero-order valence-electron chi connectivity index (χ0n) is 15.5. The Hall–Kier alpha value is -1.96. The van der Waals surface area contributed by atoms with Crippen molar-refractivity contribution in [2.24, 2.45) is 5.92 Å². The number of aryl methyl sites for hydroxylation is 2. The van der Waals surface area contributed by atoms with Crippen molar-refractivity contribution in [2.75, 3.05) is 18.4 Å². The van der Waals surface area contributed by atoms with Crippen molar-refractivity contribution in [3.05, 3.63) is 33.6 Å². The summed E-state index contributed by atoms with van der Waals surface area (Å²) in [6.45, 7) is 5.14.